The van der Waals surface area contributed by atoms with E-state index in [1.165, 1.54) is 0 Å². The van der Waals surface area contributed by atoms with E-state index in [1.54, 1.807) is 0 Å². The molecule has 7 heteroatoms. The Morgan fingerprint density at radius 1 is 1.06 bits per heavy atom. The number of carbonyl (C=O) groups is 2. The summed E-state index contributed by atoms with van der Waals surface area (Å²) in [5.41, 5.74) is -0.356. The second kappa shape index (κ2) is 7.98. The molecule has 6 nitrogen and oxygen atoms in total. The zero-order valence-corrected chi connectivity index (χ0v) is 11.0. The van der Waals surface area contributed by atoms with E-state index in [-0.39, 0.29) is 39.6 Å². The van der Waals surface area contributed by atoms with Crippen LogP contribution in [0.3, 0.4) is 0 Å². The molecule has 0 heterocycles. The second-order valence-electron chi connectivity index (χ2n) is 2.25. The maximum absolute atomic E-state index is 10.7. The molecule has 0 radical (unpaired) electrons. The van der Waals surface area contributed by atoms with Gasteiger partial charge in [-0.3, -0.25) is 9.59 Å². The Balaban J connectivity index is 0. The van der Waals surface area contributed by atoms with Gasteiger partial charge in [-0.25, -0.2) is 0 Å². The van der Waals surface area contributed by atoms with Crippen LogP contribution in [0.25, 0.3) is 0 Å². The minimum absolute atomic E-state index is 0. The van der Waals surface area contributed by atoms with E-state index >= 15 is 0 Å². The summed E-state index contributed by atoms with van der Waals surface area (Å²) >= 11 is 0. The van der Waals surface area contributed by atoms with E-state index in [9.17, 15) is 20.1 Å². The molecule has 86 valence electrons. The van der Waals surface area contributed by atoms with Crippen LogP contribution in [-0.2, 0) is 30.8 Å². The normalized spacial score (nSPS) is 8.12. The van der Waals surface area contributed by atoms with Crippen molar-refractivity contribution < 1.29 is 50.9 Å². The van der Waals surface area contributed by atoms with Crippen molar-refractivity contribution >= 4 is 11.9 Å². The van der Waals surface area contributed by atoms with Crippen LogP contribution in [0.5, 0.6) is 0 Å². The van der Waals surface area contributed by atoms with E-state index in [2.05, 4.69) is 15.8 Å². The van der Waals surface area contributed by atoms with Crippen LogP contribution in [0.1, 0.15) is 20.7 Å². The summed E-state index contributed by atoms with van der Waals surface area (Å²) in [5, 5.41) is 19.5. The predicted molar refractivity (Wildman–Crippen MR) is 42.5 cm³/mol. The van der Waals surface area contributed by atoms with Gasteiger partial charge in [0.25, 0.3) is 11.9 Å². The van der Waals surface area contributed by atoms with Gasteiger partial charge >= 0.3 is 21.1 Å². The Morgan fingerprint density at radius 3 is 1.75 bits per heavy atom. The average Bonchev–Trinajstić information content (AvgIpc) is 2.27. The zero-order valence-electron chi connectivity index (χ0n) is 8.09. The molecule has 0 saturated heterocycles. The molecular formula is C9H6O6W-2. The minimum atomic E-state index is -1.17. The first-order chi connectivity index (χ1) is 6.69. The Kier molecular flexibility index (Phi) is 8.57. The summed E-state index contributed by atoms with van der Waals surface area (Å²) in [6.45, 7) is 0. The molecule has 16 heavy (non-hydrogen) atoms. The smallest absolute Gasteiger partial charge is 0.662 e. The van der Waals surface area contributed by atoms with Crippen LogP contribution >= 0.6 is 0 Å². The number of rotatable bonds is 2. The van der Waals surface area contributed by atoms with Crippen molar-refractivity contribution in [3.63, 3.8) is 0 Å². The first kappa shape index (κ1) is 17.2. The van der Waals surface area contributed by atoms with Crippen molar-refractivity contribution in [2.75, 3.05) is 0 Å². The van der Waals surface area contributed by atoms with Gasteiger partial charge in [-0.2, -0.15) is 18.2 Å². The predicted octanol–water partition coefficient (Wildman–Crippen LogP) is -1.20. The zero-order chi connectivity index (χ0) is 10.6. The number of hydrogen-bond donors (Lipinski definition) is 0. The van der Waals surface area contributed by atoms with E-state index < -0.39 is 11.9 Å². The standard InChI is InChI=1S/C8H5O6.CH3.W/c9-7(13-11)5-2-1-3-6(4-5)8(10)14-12;;/h2-4,11-12H;1H3;/q2*-1;+2/p-2. The molecule has 1 aromatic rings. The van der Waals surface area contributed by atoms with Gasteiger partial charge in [0.2, 0.25) is 0 Å². The van der Waals surface area contributed by atoms with Gasteiger partial charge < -0.3 is 27.7 Å². The molecule has 0 atom stereocenters. The second-order valence-corrected chi connectivity index (χ2v) is 2.25. The van der Waals surface area contributed by atoms with E-state index in [0.29, 0.717) is 0 Å². The van der Waals surface area contributed by atoms with Crippen molar-refractivity contribution in [1.82, 2.24) is 0 Å². The summed E-state index contributed by atoms with van der Waals surface area (Å²) in [5.74, 6) is -2.33. The first-order valence-corrected chi connectivity index (χ1v) is 3.38. The topological polar surface area (TPSA) is 98.7 Å². The van der Waals surface area contributed by atoms with E-state index in [0.717, 1.165) is 18.2 Å². The summed E-state index contributed by atoms with van der Waals surface area (Å²) in [6, 6.07) is 5.66. The van der Waals surface area contributed by atoms with Gasteiger partial charge in [-0.05, 0) is 0 Å². The van der Waals surface area contributed by atoms with E-state index in [1.807, 2.05) is 0 Å². The molecule has 0 aliphatic heterocycles. The summed E-state index contributed by atoms with van der Waals surface area (Å²) in [4.78, 5) is 27.7. The molecule has 0 spiro atoms. The van der Waals surface area contributed by atoms with Crippen LogP contribution < -0.4 is 10.5 Å². The Bertz CT molecular complexity index is 334. The largest absolute Gasteiger partial charge is 2.00 e. The number of benzene rings is 1. The van der Waals surface area contributed by atoms with Crippen LogP contribution in [0, 0.1) is 13.5 Å². The van der Waals surface area contributed by atoms with Gasteiger partial charge in [-0.1, -0.05) is 11.1 Å². The number of hydrogen-bond acceptors (Lipinski definition) is 6. The fourth-order valence-corrected chi connectivity index (χ4v) is 0.804. The van der Waals surface area contributed by atoms with Crippen molar-refractivity contribution in [1.29, 1.82) is 0 Å². The molecule has 0 aromatic heterocycles. The van der Waals surface area contributed by atoms with Gasteiger partial charge in [0, 0.05) is 0 Å². The Hall–Kier alpha value is -1.23. The quantitative estimate of drug-likeness (QED) is 0.355. The van der Waals surface area contributed by atoms with Gasteiger partial charge in [0.1, 0.15) is 0 Å². The summed E-state index contributed by atoms with van der Waals surface area (Å²) in [7, 11) is 0. The molecular weight excluding hydrogens is 388 g/mol. The monoisotopic (exact) mass is 394 g/mol. The molecule has 0 aliphatic rings. The first-order valence-electron chi connectivity index (χ1n) is 3.38. The van der Waals surface area contributed by atoms with Crippen LogP contribution in [-0.4, -0.2) is 11.9 Å². The maximum atomic E-state index is 10.7. The molecule has 0 bridgehead atoms. The molecule has 0 aliphatic carbocycles. The molecule has 0 fully saturated rings. The molecule has 1 aromatic carbocycles. The Morgan fingerprint density at radius 2 is 1.44 bits per heavy atom. The van der Waals surface area contributed by atoms with E-state index in [4.69, 9.17) is 0 Å². The third-order valence-corrected chi connectivity index (χ3v) is 1.41. The molecule has 0 unspecified atom stereocenters. The molecule has 0 N–H and O–H groups in total. The minimum Gasteiger partial charge on any atom is -0.662 e. The van der Waals surface area contributed by atoms with Gasteiger partial charge in [-0.15, -0.1) is 6.07 Å². The summed E-state index contributed by atoms with van der Waals surface area (Å²) < 4.78 is 0. The van der Waals surface area contributed by atoms with Crippen LogP contribution in [0.2, 0.25) is 0 Å². The summed E-state index contributed by atoms with van der Waals surface area (Å²) in [6.07, 6.45) is 0. The average molecular weight is 394 g/mol. The Labute approximate surface area is 106 Å². The number of carbonyl (C=O) groups excluding carboxylic acids is 2. The van der Waals surface area contributed by atoms with Gasteiger partial charge in [0.05, 0.1) is 0 Å². The third-order valence-electron chi connectivity index (χ3n) is 1.41. The fraction of sp³-hybridized carbons (Fsp3) is 0. The molecule has 0 saturated carbocycles. The van der Waals surface area contributed by atoms with Crippen molar-refractivity contribution in [2.24, 2.45) is 0 Å². The van der Waals surface area contributed by atoms with Crippen molar-refractivity contribution in [2.45, 2.75) is 0 Å². The van der Waals surface area contributed by atoms with Crippen LogP contribution in [0.4, 0.5) is 0 Å². The van der Waals surface area contributed by atoms with Gasteiger partial charge in [0.15, 0.2) is 0 Å². The van der Waals surface area contributed by atoms with Crippen molar-refractivity contribution in [3.05, 3.63) is 42.8 Å². The fourth-order valence-electron chi connectivity index (χ4n) is 0.804. The SMILES string of the molecule is O=C(O[O-])c1c[c-]cc(C(=O)O[O-])c1.[CH3-].[W+2]. The molecule has 1 rings (SSSR count). The van der Waals surface area contributed by atoms with Crippen LogP contribution in [0.15, 0.2) is 18.2 Å². The molecule has 0 amide bonds. The van der Waals surface area contributed by atoms with Crippen molar-refractivity contribution in [3.8, 4) is 0 Å². The maximum Gasteiger partial charge on any atom is 2.00 e. The third kappa shape index (κ3) is 4.10.